The number of carbonyl (C=O) groups excluding carboxylic acids is 1. The molecular weight excluding hydrogens is 276 g/mol. The summed E-state index contributed by atoms with van der Waals surface area (Å²) < 4.78 is 9.10. The van der Waals surface area contributed by atoms with Crippen LogP contribution in [0.15, 0.2) is 6.20 Å². The van der Waals surface area contributed by atoms with E-state index in [2.05, 4.69) is 20.2 Å². The van der Waals surface area contributed by atoms with E-state index in [-0.39, 0.29) is 12.1 Å². The summed E-state index contributed by atoms with van der Waals surface area (Å²) in [4.78, 5) is 11.7. The van der Waals surface area contributed by atoms with Crippen LogP contribution >= 0.6 is 11.5 Å². The lowest BCUT2D eigenvalue weighted by atomic mass is 9.91. The average Bonchev–Trinajstić information content (AvgIpc) is 2.82. The van der Waals surface area contributed by atoms with Crippen LogP contribution in [0.25, 0.3) is 0 Å². The van der Waals surface area contributed by atoms with Gasteiger partial charge >= 0.3 is 6.09 Å². The SMILES string of the molecule is CC(C)(C)OC(=O)NC1CCC(Nc2cnns2)CC1. The van der Waals surface area contributed by atoms with Crippen molar-refractivity contribution in [2.45, 2.75) is 64.1 Å². The number of nitrogens with zero attached hydrogens (tertiary/aromatic N) is 2. The zero-order chi connectivity index (χ0) is 14.6. The van der Waals surface area contributed by atoms with Crippen molar-refractivity contribution >= 4 is 22.6 Å². The smallest absolute Gasteiger partial charge is 0.407 e. The van der Waals surface area contributed by atoms with Crippen molar-refractivity contribution in [3.05, 3.63) is 6.20 Å². The van der Waals surface area contributed by atoms with Crippen LogP contribution in [0.1, 0.15) is 46.5 Å². The number of anilines is 1. The molecule has 0 spiro atoms. The Morgan fingerprint density at radius 2 is 1.95 bits per heavy atom. The van der Waals surface area contributed by atoms with Gasteiger partial charge in [0.05, 0.1) is 6.20 Å². The molecule has 112 valence electrons. The van der Waals surface area contributed by atoms with E-state index in [4.69, 9.17) is 4.74 Å². The van der Waals surface area contributed by atoms with Crippen LogP contribution in [0.5, 0.6) is 0 Å². The summed E-state index contributed by atoms with van der Waals surface area (Å²) in [6.45, 7) is 5.61. The number of amides is 1. The van der Waals surface area contributed by atoms with Gasteiger partial charge in [0.25, 0.3) is 0 Å². The van der Waals surface area contributed by atoms with Gasteiger partial charge in [-0.05, 0) is 46.5 Å². The van der Waals surface area contributed by atoms with Crippen molar-refractivity contribution in [2.24, 2.45) is 0 Å². The Balaban J connectivity index is 1.70. The third-order valence-corrected chi connectivity index (χ3v) is 3.75. The molecule has 0 atom stereocenters. The Hall–Kier alpha value is -1.37. The number of hydrogen-bond donors (Lipinski definition) is 2. The fraction of sp³-hybridized carbons (Fsp3) is 0.769. The minimum atomic E-state index is -0.442. The maximum atomic E-state index is 11.7. The van der Waals surface area contributed by atoms with Gasteiger partial charge in [-0.3, -0.25) is 0 Å². The van der Waals surface area contributed by atoms with Crippen LogP contribution < -0.4 is 10.6 Å². The van der Waals surface area contributed by atoms with E-state index in [1.807, 2.05) is 20.8 Å². The van der Waals surface area contributed by atoms with Gasteiger partial charge < -0.3 is 15.4 Å². The van der Waals surface area contributed by atoms with Gasteiger partial charge in [-0.25, -0.2) is 4.79 Å². The number of aromatic nitrogens is 2. The van der Waals surface area contributed by atoms with E-state index in [1.165, 1.54) is 11.5 Å². The molecule has 0 saturated heterocycles. The number of rotatable bonds is 3. The lowest BCUT2D eigenvalue weighted by Gasteiger charge is -2.30. The summed E-state index contributed by atoms with van der Waals surface area (Å²) in [6.07, 6.45) is 5.40. The molecule has 1 aliphatic carbocycles. The molecule has 1 aliphatic rings. The van der Waals surface area contributed by atoms with Crippen molar-refractivity contribution in [2.75, 3.05) is 5.32 Å². The molecule has 20 heavy (non-hydrogen) atoms. The lowest BCUT2D eigenvalue weighted by Crippen LogP contribution is -2.42. The van der Waals surface area contributed by atoms with Crippen molar-refractivity contribution in [3.8, 4) is 0 Å². The first-order chi connectivity index (χ1) is 9.42. The first-order valence-corrected chi connectivity index (χ1v) is 7.73. The third-order valence-electron chi connectivity index (χ3n) is 3.16. The largest absolute Gasteiger partial charge is 0.444 e. The molecule has 6 nitrogen and oxygen atoms in total. The standard InChI is InChI=1S/C13H22N4O2S/c1-13(2,3)19-12(18)16-10-6-4-9(5-7-10)15-11-8-14-17-20-11/h8-10,15H,4-7H2,1-3H3,(H,16,18). The normalized spacial score (nSPS) is 23.1. The zero-order valence-corrected chi connectivity index (χ0v) is 13.0. The Morgan fingerprint density at radius 1 is 1.30 bits per heavy atom. The van der Waals surface area contributed by atoms with Crippen LogP contribution in [0.4, 0.5) is 9.80 Å². The first-order valence-electron chi connectivity index (χ1n) is 6.96. The number of carbonyl (C=O) groups is 1. The van der Waals surface area contributed by atoms with Gasteiger partial charge in [-0.2, -0.15) is 0 Å². The monoisotopic (exact) mass is 298 g/mol. The molecule has 0 aliphatic heterocycles. The van der Waals surface area contributed by atoms with Gasteiger partial charge in [0.1, 0.15) is 10.6 Å². The highest BCUT2D eigenvalue weighted by molar-refractivity contribution is 7.09. The molecular formula is C13H22N4O2S. The van der Waals surface area contributed by atoms with Crippen LogP contribution in [-0.2, 0) is 4.74 Å². The summed E-state index contributed by atoms with van der Waals surface area (Å²) >= 11 is 1.37. The number of nitrogens with one attached hydrogen (secondary N) is 2. The fourth-order valence-electron chi connectivity index (χ4n) is 2.29. The predicted molar refractivity (Wildman–Crippen MR) is 78.9 cm³/mol. The van der Waals surface area contributed by atoms with E-state index >= 15 is 0 Å². The van der Waals surface area contributed by atoms with Crippen LogP contribution in [0.3, 0.4) is 0 Å². The lowest BCUT2D eigenvalue weighted by molar-refractivity contribution is 0.0492. The maximum absolute atomic E-state index is 11.7. The fourth-order valence-corrected chi connectivity index (χ4v) is 2.78. The Bertz CT molecular complexity index is 422. The molecule has 2 N–H and O–H groups in total. The quantitative estimate of drug-likeness (QED) is 0.897. The van der Waals surface area contributed by atoms with Gasteiger partial charge in [-0.1, -0.05) is 4.49 Å². The highest BCUT2D eigenvalue weighted by atomic mass is 32.1. The number of hydrogen-bond acceptors (Lipinski definition) is 6. The summed E-state index contributed by atoms with van der Waals surface area (Å²) in [5, 5.41) is 11.2. The Morgan fingerprint density at radius 3 is 2.50 bits per heavy atom. The highest BCUT2D eigenvalue weighted by Crippen LogP contribution is 2.23. The number of ether oxygens (including phenoxy) is 1. The molecule has 1 aromatic rings. The molecule has 1 amide bonds. The van der Waals surface area contributed by atoms with Crippen LogP contribution in [-0.4, -0.2) is 33.4 Å². The van der Waals surface area contributed by atoms with Gasteiger partial charge in [0.2, 0.25) is 0 Å². The average molecular weight is 298 g/mol. The van der Waals surface area contributed by atoms with Crippen molar-refractivity contribution < 1.29 is 9.53 Å². The Labute approximate surface area is 123 Å². The van der Waals surface area contributed by atoms with Crippen molar-refractivity contribution in [1.29, 1.82) is 0 Å². The molecule has 1 heterocycles. The molecule has 0 unspecified atom stereocenters. The van der Waals surface area contributed by atoms with Crippen LogP contribution in [0, 0.1) is 0 Å². The van der Waals surface area contributed by atoms with E-state index in [1.54, 1.807) is 6.20 Å². The second-order valence-corrected chi connectivity index (χ2v) is 6.91. The summed E-state index contributed by atoms with van der Waals surface area (Å²) in [5.41, 5.74) is -0.442. The minimum absolute atomic E-state index is 0.211. The van der Waals surface area contributed by atoms with Crippen molar-refractivity contribution in [1.82, 2.24) is 14.9 Å². The van der Waals surface area contributed by atoms with Crippen LogP contribution in [0.2, 0.25) is 0 Å². The highest BCUT2D eigenvalue weighted by Gasteiger charge is 2.24. The van der Waals surface area contributed by atoms with Gasteiger partial charge in [0, 0.05) is 23.6 Å². The van der Waals surface area contributed by atoms with Gasteiger partial charge in [-0.15, -0.1) is 5.10 Å². The maximum Gasteiger partial charge on any atom is 0.407 e. The predicted octanol–water partition coefficient (Wildman–Crippen LogP) is 2.79. The summed E-state index contributed by atoms with van der Waals surface area (Å²) in [6, 6.07) is 0.649. The van der Waals surface area contributed by atoms with Crippen molar-refractivity contribution in [3.63, 3.8) is 0 Å². The summed E-state index contributed by atoms with van der Waals surface area (Å²) in [5.74, 6) is 0. The molecule has 7 heteroatoms. The summed E-state index contributed by atoms with van der Waals surface area (Å²) in [7, 11) is 0. The topological polar surface area (TPSA) is 76.1 Å². The molecule has 1 aromatic heterocycles. The van der Waals surface area contributed by atoms with E-state index in [0.29, 0.717) is 6.04 Å². The number of alkyl carbamates (subject to hydrolysis) is 1. The van der Waals surface area contributed by atoms with E-state index in [9.17, 15) is 4.79 Å². The Kier molecular flexibility index (Phi) is 4.80. The van der Waals surface area contributed by atoms with Gasteiger partial charge in [0.15, 0.2) is 0 Å². The third kappa shape index (κ3) is 4.96. The second-order valence-electron chi connectivity index (χ2n) is 6.12. The molecule has 1 saturated carbocycles. The molecule has 1 fully saturated rings. The first kappa shape index (κ1) is 15.0. The van der Waals surface area contributed by atoms with E-state index < -0.39 is 5.60 Å². The molecule has 0 radical (unpaired) electrons. The second kappa shape index (κ2) is 6.39. The minimum Gasteiger partial charge on any atom is -0.444 e. The molecule has 0 aromatic carbocycles. The molecule has 0 bridgehead atoms. The molecule has 2 rings (SSSR count). The van der Waals surface area contributed by atoms with E-state index in [0.717, 1.165) is 30.7 Å². The zero-order valence-electron chi connectivity index (χ0n) is 12.2.